The zero-order valence-corrected chi connectivity index (χ0v) is 15.8. The second-order valence-electron chi connectivity index (χ2n) is 5.97. The maximum atomic E-state index is 13.1. The molecule has 3 N–H and O–H groups in total. The zero-order valence-electron chi connectivity index (χ0n) is 15.0. The fraction of sp³-hybridized carbons (Fsp3) is 0.200. The zero-order chi connectivity index (χ0) is 19.4. The summed E-state index contributed by atoms with van der Waals surface area (Å²) >= 11 is 6.30. The highest BCUT2D eigenvalue weighted by molar-refractivity contribution is 6.31. The minimum Gasteiger partial charge on any atom is -0.492 e. The third kappa shape index (κ3) is 4.06. The molecule has 3 rings (SSSR count). The molecule has 6 nitrogen and oxygen atoms in total. The molecule has 2 aromatic rings. The van der Waals surface area contributed by atoms with Gasteiger partial charge in [-0.15, -0.1) is 0 Å². The van der Waals surface area contributed by atoms with Gasteiger partial charge in [-0.1, -0.05) is 41.9 Å². The molecule has 2 aromatic carbocycles. The number of ether oxygens (including phenoxy) is 1. The van der Waals surface area contributed by atoms with Gasteiger partial charge in [0.2, 0.25) is 0 Å². The molecule has 0 bridgehead atoms. The van der Waals surface area contributed by atoms with E-state index in [2.05, 4.69) is 16.0 Å². The van der Waals surface area contributed by atoms with Gasteiger partial charge in [-0.05, 0) is 37.6 Å². The quantitative estimate of drug-likeness (QED) is 0.727. The van der Waals surface area contributed by atoms with Crippen LogP contribution in [0.5, 0.6) is 5.75 Å². The molecule has 7 heteroatoms. The van der Waals surface area contributed by atoms with Gasteiger partial charge in [-0.25, -0.2) is 4.79 Å². The van der Waals surface area contributed by atoms with Crippen LogP contribution in [0.4, 0.5) is 10.5 Å². The highest BCUT2D eigenvalue weighted by Crippen LogP contribution is 2.33. The molecule has 1 unspecified atom stereocenters. The van der Waals surface area contributed by atoms with Crippen LogP contribution >= 0.6 is 11.6 Å². The first-order valence-electron chi connectivity index (χ1n) is 8.57. The van der Waals surface area contributed by atoms with Crippen LogP contribution in [0.2, 0.25) is 5.02 Å². The van der Waals surface area contributed by atoms with Crippen LogP contribution in [0.3, 0.4) is 0 Å². The van der Waals surface area contributed by atoms with E-state index in [4.69, 9.17) is 16.3 Å². The highest BCUT2D eigenvalue weighted by atomic mass is 35.5. The minimum atomic E-state index is -0.660. The number of benzene rings is 2. The van der Waals surface area contributed by atoms with E-state index in [1.165, 1.54) is 0 Å². The molecule has 0 aromatic heterocycles. The Hall–Kier alpha value is -2.99. The van der Waals surface area contributed by atoms with E-state index in [1.54, 1.807) is 37.3 Å². The summed E-state index contributed by atoms with van der Waals surface area (Å²) < 4.78 is 5.56. The average Bonchev–Trinajstić information content (AvgIpc) is 2.63. The standard InChI is InChI=1S/C20H20ClN3O3/c1-3-27-16-11-7-6-10-15(16)23-19(25)17-12(2)22-20(26)24-18(17)13-8-4-5-9-14(13)21/h4-11,18H,3H2,1-2H3,(H,23,25)(H2,22,24,26). The number of allylic oxidation sites excluding steroid dienone is 1. The molecule has 1 aliphatic heterocycles. The Labute approximate surface area is 162 Å². The van der Waals surface area contributed by atoms with Crippen LogP contribution < -0.4 is 20.7 Å². The van der Waals surface area contributed by atoms with Crippen LogP contribution in [-0.2, 0) is 4.79 Å². The third-order valence-electron chi connectivity index (χ3n) is 4.17. The van der Waals surface area contributed by atoms with E-state index >= 15 is 0 Å². The first-order chi connectivity index (χ1) is 13.0. The Kier molecular flexibility index (Phi) is 5.66. The maximum absolute atomic E-state index is 13.1. The van der Waals surface area contributed by atoms with Gasteiger partial charge < -0.3 is 20.7 Å². The van der Waals surface area contributed by atoms with Crippen LogP contribution in [0.25, 0.3) is 0 Å². The number of amides is 3. The van der Waals surface area contributed by atoms with E-state index in [-0.39, 0.29) is 11.9 Å². The third-order valence-corrected chi connectivity index (χ3v) is 4.51. The van der Waals surface area contributed by atoms with Gasteiger partial charge >= 0.3 is 6.03 Å². The molecule has 0 aliphatic carbocycles. The number of hydrogen-bond acceptors (Lipinski definition) is 3. The molecule has 0 radical (unpaired) electrons. The second kappa shape index (κ2) is 8.14. The van der Waals surface area contributed by atoms with Crippen molar-refractivity contribution in [1.82, 2.24) is 10.6 Å². The predicted molar refractivity (Wildman–Crippen MR) is 105 cm³/mol. The van der Waals surface area contributed by atoms with Crippen molar-refractivity contribution in [2.75, 3.05) is 11.9 Å². The van der Waals surface area contributed by atoms with E-state index in [0.29, 0.717) is 39.9 Å². The summed E-state index contributed by atoms with van der Waals surface area (Å²) in [4.78, 5) is 25.1. The van der Waals surface area contributed by atoms with E-state index in [1.807, 2.05) is 25.1 Å². The lowest BCUT2D eigenvalue weighted by Gasteiger charge is -2.29. The van der Waals surface area contributed by atoms with Crippen molar-refractivity contribution in [1.29, 1.82) is 0 Å². The van der Waals surface area contributed by atoms with E-state index < -0.39 is 6.04 Å². The van der Waals surface area contributed by atoms with Crippen molar-refractivity contribution in [3.63, 3.8) is 0 Å². The summed E-state index contributed by atoms with van der Waals surface area (Å²) in [5, 5.41) is 8.77. The monoisotopic (exact) mass is 385 g/mol. The fourth-order valence-corrected chi connectivity index (χ4v) is 3.22. The number of anilines is 1. The molecule has 0 fully saturated rings. The predicted octanol–water partition coefficient (Wildman–Crippen LogP) is 4.01. The lowest BCUT2D eigenvalue weighted by atomic mass is 9.94. The molecule has 1 heterocycles. The highest BCUT2D eigenvalue weighted by Gasteiger charge is 2.32. The van der Waals surface area contributed by atoms with Gasteiger partial charge in [0.15, 0.2) is 0 Å². The van der Waals surface area contributed by atoms with E-state index in [9.17, 15) is 9.59 Å². The van der Waals surface area contributed by atoms with Crippen molar-refractivity contribution in [3.8, 4) is 5.75 Å². The first-order valence-corrected chi connectivity index (χ1v) is 8.95. The molecular weight excluding hydrogens is 366 g/mol. The number of carbonyl (C=O) groups is 2. The van der Waals surface area contributed by atoms with Crippen molar-refractivity contribution < 1.29 is 14.3 Å². The lowest BCUT2D eigenvalue weighted by molar-refractivity contribution is -0.113. The fourth-order valence-electron chi connectivity index (χ4n) is 2.98. The molecule has 140 valence electrons. The number of nitrogens with one attached hydrogen (secondary N) is 3. The molecule has 0 saturated carbocycles. The van der Waals surface area contributed by atoms with Crippen molar-refractivity contribution >= 4 is 29.2 Å². The van der Waals surface area contributed by atoms with E-state index in [0.717, 1.165) is 0 Å². The van der Waals surface area contributed by atoms with Gasteiger partial charge in [0.05, 0.1) is 23.9 Å². The van der Waals surface area contributed by atoms with Crippen LogP contribution in [-0.4, -0.2) is 18.5 Å². The minimum absolute atomic E-state index is 0.350. The Morgan fingerprint density at radius 1 is 1.19 bits per heavy atom. The van der Waals surface area contributed by atoms with Crippen LogP contribution in [0.1, 0.15) is 25.5 Å². The molecule has 3 amide bonds. The molecule has 1 aliphatic rings. The molecule has 0 saturated heterocycles. The maximum Gasteiger partial charge on any atom is 0.319 e. The summed E-state index contributed by atoms with van der Waals surface area (Å²) in [7, 11) is 0. The Balaban J connectivity index is 1.97. The number of hydrogen-bond donors (Lipinski definition) is 3. The molecule has 1 atom stereocenters. The SMILES string of the molecule is CCOc1ccccc1NC(=O)C1=C(C)NC(=O)NC1c1ccccc1Cl. The second-order valence-corrected chi connectivity index (χ2v) is 6.38. The van der Waals surface area contributed by atoms with Crippen molar-refractivity contribution in [2.24, 2.45) is 0 Å². The number of urea groups is 1. The first kappa shape index (κ1) is 18.8. The Bertz CT molecular complexity index is 911. The van der Waals surface area contributed by atoms with Crippen LogP contribution in [0, 0.1) is 0 Å². The summed E-state index contributed by atoms with van der Waals surface area (Å²) in [6, 6.07) is 13.3. The van der Waals surface area contributed by atoms with Crippen molar-refractivity contribution in [3.05, 3.63) is 70.4 Å². The lowest BCUT2D eigenvalue weighted by Crippen LogP contribution is -2.46. The van der Waals surface area contributed by atoms with Crippen LogP contribution in [0.15, 0.2) is 59.8 Å². The number of carbonyl (C=O) groups excluding carboxylic acids is 2. The van der Waals surface area contributed by atoms with Crippen molar-refractivity contribution in [2.45, 2.75) is 19.9 Å². The van der Waals surface area contributed by atoms with Gasteiger partial charge in [-0.2, -0.15) is 0 Å². The average molecular weight is 386 g/mol. The Morgan fingerprint density at radius 3 is 2.63 bits per heavy atom. The summed E-state index contributed by atoms with van der Waals surface area (Å²) in [6.45, 7) is 4.04. The topological polar surface area (TPSA) is 79.5 Å². The van der Waals surface area contributed by atoms with Gasteiger partial charge in [0, 0.05) is 10.7 Å². The Morgan fingerprint density at radius 2 is 1.89 bits per heavy atom. The number of halogens is 1. The largest absolute Gasteiger partial charge is 0.492 e. The van der Waals surface area contributed by atoms with Gasteiger partial charge in [-0.3, -0.25) is 4.79 Å². The number of rotatable bonds is 5. The van der Waals surface area contributed by atoms with Gasteiger partial charge in [0.1, 0.15) is 5.75 Å². The summed E-state index contributed by atoms with van der Waals surface area (Å²) in [5.74, 6) is 0.228. The summed E-state index contributed by atoms with van der Waals surface area (Å²) in [6.07, 6.45) is 0. The number of para-hydroxylation sites is 2. The molecule has 0 spiro atoms. The smallest absolute Gasteiger partial charge is 0.319 e. The molecule has 27 heavy (non-hydrogen) atoms. The normalized spacial score (nSPS) is 16.4. The molecular formula is C20H20ClN3O3. The summed E-state index contributed by atoms with van der Waals surface area (Å²) in [5.41, 5.74) is 2.06. The van der Waals surface area contributed by atoms with Gasteiger partial charge in [0.25, 0.3) is 5.91 Å².